The number of hydrogen-bond acceptors (Lipinski definition) is 26. The van der Waals surface area contributed by atoms with Crippen molar-refractivity contribution in [2.24, 2.45) is 21.7 Å². The van der Waals surface area contributed by atoms with Crippen LogP contribution in [0.3, 0.4) is 0 Å². The largest absolute Gasteiger partial charge is 0.507 e. The van der Waals surface area contributed by atoms with Gasteiger partial charge in [0, 0.05) is 96.8 Å². The number of hydrogen-bond donors (Lipinski definition) is 14. The molecule has 116 heavy (non-hydrogen) atoms. The van der Waals surface area contributed by atoms with Crippen LogP contribution in [0.15, 0.2) is 46.6 Å². The molecule has 2 saturated heterocycles. The molecule has 16 N–H and O–H groups in total. The molecule has 4 aromatic carbocycles. The summed E-state index contributed by atoms with van der Waals surface area (Å²) in [6.07, 6.45) is 23.8. The van der Waals surface area contributed by atoms with Crippen molar-refractivity contribution in [1.29, 1.82) is 0 Å². The third kappa shape index (κ3) is 22.2. The number of carbonyl (C=O) groups is 6. The Labute approximate surface area is 680 Å². The van der Waals surface area contributed by atoms with Crippen LogP contribution in [0.5, 0.6) is 34.5 Å². The number of unbranched alkanes of at least 4 members (excludes halogenated alkanes) is 26. The van der Waals surface area contributed by atoms with Crippen molar-refractivity contribution in [3.8, 4) is 34.5 Å². The highest BCUT2D eigenvalue weighted by molar-refractivity contribution is 6.32. The van der Waals surface area contributed by atoms with Crippen LogP contribution in [0, 0.1) is 0 Å². The molecule has 2 heterocycles. The van der Waals surface area contributed by atoms with E-state index in [1.54, 1.807) is 13.8 Å². The quantitative estimate of drug-likeness (QED) is 0.00732. The van der Waals surface area contributed by atoms with E-state index in [0.29, 0.717) is 12.8 Å². The number of fused-ring (bicyclic) bond motifs is 6. The molecule has 0 bridgehead atoms. The first-order valence-corrected chi connectivity index (χ1v) is 42.3. The van der Waals surface area contributed by atoms with Crippen LogP contribution < -0.4 is 31.8 Å². The molecular formula is C88H126N6O22. The highest BCUT2D eigenvalue weighted by Gasteiger charge is 2.52. The molecule has 2 amide bonds. The normalized spacial score (nSPS) is 24.3. The summed E-state index contributed by atoms with van der Waals surface area (Å²) in [5, 5.41) is 122. The predicted octanol–water partition coefficient (Wildman–Crippen LogP) is 11.6. The molecular weight excluding hydrogens is 1490 g/mol. The zero-order valence-corrected chi connectivity index (χ0v) is 68.5. The first-order valence-electron chi connectivity index (χ1n) is 42.3. The van der Waals surface area contributed by atoms with E-state index >= 15 is 0 Å². The van der Waals surface area contributed by atoms with Crippen molar-refractivity contribution >= 4 is 46.4 Å². The summed E-state index contributed by atoms with van der Waals surface area (Å²) in [6, 6.07) is 7.40. The molecule has 2 aliphatic heterocycles. The fourth-order valence-corrected chi connectivity index (χ4v) is 17.1. The number of carbonyl (C=O) groups excluding carboxylic acids is 6. The molecule has 640 valence electrons. The van der Waals surface area contributed by atoms with E-state index in [1.165, 1.54) is 179 Å². The van der Waals surface area contributed by atoms with Gasteiger partial charge in [0.2, 0.25) is 23.4 Å². The van der Waals surface area contributed by atoms with E-state index in [-0.39, 0.29) is 106 Å². The van der Waals surface area contributed by atoms with Crippen LogP contribution in [0.2, 0.25) is 0 Å². The molecule has 6 aliphatic rings. The number of nitrogens with two attached hydrogens (primary N) is 2. The lowest BCUT2D eigenvalue weighted by Gasteiger charge is -2.43. The Morgan fingerprint density at radius 2 is 0.767 bits per heavy atom. The number of rotatable bonds is 42. The monoisotopic (exact) mass is 1620 g/mol. The van der Waals surface area contributed by atoms with Gasteiger partial charge in [0.1, 0.15) is 45.7 Å². The number of nitrogens with zero attached hydrogens (tertiary/aromatic N) is 2. The van der Waals surface area contributed by atoms with Crippen LogP contribution >= 0.6 is 0 Å². The van der Waals surface area contributed by atoms with E-state index in [9.17, 15) is 79.8 Å². The van der Waals surface area contributed by atoms with Crippen LogP contribution in [0.4, 0.5) is 0 Å². The average Bonchev–Trinajstić information content (AvgIpc) is 0.715. The van der Waals surface area contributed by atoms with Crippen LogP contribution in [0.1, 0.15) is 344 Å². The fourth-order valence-electron chi connectivity index (χ4n) is 17.1. The number of amides is 2. The number of aliphatic hydroxyl groups is 6. The summed E-state index contributed by atoms with van der Waals surface area (Å²) >= 11 is 0. The SMILES string of the molecule is CCCCCCCCCCCCC(=O)N/N=C(/CO)C1(O)Cc2c(O)c3c(c(O)c2C(OC2CC(N)C(O)C(C)O2)C1)C(=O)c1c(OC)cccc1C3=O.CCCCCCCCCCCCCCCCCCCCC(=O)N/N=C(/CO)C1(O)Cc2c(O)c3c(c(O)c2C(OC2CC(N)C(O)C(C)O2)C1)C(=O)c1c(OC)cccc1C3=O. The van der Waals surface area contributed by atoms with E-state index in [0.717, 1.165) is 38.5 Å². The summed E-state index contributed by atoms with van der Waals surface area (Å²) in [4.78, 5) is 81.5. The van der Waals surface area contributed by atoms with Gasteiger partial charge in [-0.05, 0) is 38.8 Å². The van der Waals surface area contributed by atoms with Crippen molar-refractivity contribution in [3.05, 3.63) is 103 Å². The van der Waals surface area contributed by atoms with Gasteiger partial charge < -0.3 is 91.0 Å². The number of hydrazone groups is 2. The second kappa shape index (κ2) is 43.7. The molecule has 0 radical (unpaired) electrons. The minimum absolute atomic E-state index is 0.0193. The third-order valence-corrected chi connectivity index (χ3v) is 23.8. The number of benzene rings is 4. The minimum Gasteiger partial charge on any atom is -0.507 e. The number of ketones is 4. The molecule has 0 spiro atoms. The lowest BCUT2D eigenvalue weighted by atomic mass is 9.71. The summed E-state index contributed by atoms with van der Waals surface area (Å²) in [5.74, 6) is -6.21. The Hall–Kier alpha value is -7.84. The van der Waals surface area contributed by atoms with E-state index in [2.05, 4.69) is 34.9 Å². The number of phenols is 4. The van der Waals surface area contributed by atoms with Crippen molar-refractivity contribution in [2.45, 2.75) is 331 Å². The van der Waals surface area contributed by atoms with Gasteiger partial charge in [-0.3, -0.25) is 28.8 Å². The number of aromatic hydroxyl groups is 4. The number of ether oxygens (including phenoxy) is 6. The van der Waals surface area contributed by atoms with Crippen molar-refractivity contribution in [3.63, 3.8) is 0 Å². The molecule has 12 atom stereocenters. The lowest BCUT2D eigenvalue weighted by molar-refractivity contribution is -0.246. The smallest absolute Gasteiger partial charge is 0.240 e. The Morgan fingerprint density at radius 1 is 0.466 bits per heavy atom. The molecule has 2 fully saturated rings. The Morgan fingerprint density at radius 3 is 1.06 bits per heavy atom. The highest BCUT2D eigenvalue weighted by atomic mass is 16.7. The summed E-state index contributed by atoms with van der Waals surface area (Å²) < 4.78 is 35.1. The average molecular weight is 1620 g/mol. The fraction of sp³-hybridized carbons (Fsp3) is 0.636. The molecule has 28 nitrogen and oxygen atoms in total. The van der Waals surface area contributed by atoms with Crippen LogP contribution in [-0.2, 0) is 41.4 Å². The molecule has 4 aromatic rings. The van der Waals surface area contributed by atoms with Gasteiger partial charge in [0.25, 0.3) is 0 Å². The summed E-state index contributed by atoms with van der Waals surface area (Å²) in [6.45, 7) is 6.08. The van der Waals surface area contributed by atoms with Crippen LogP contribution in [-0.4, -0.2) is 185 Å². The molecule has 10 rings (SSSR count). The second-order valence-electron chi connectivity index (χ2n) is 32.4. The third-order valence-electron chi connectivity index (χ3n) is 23.8. The zero-order valence-electron chi connectivity index (χ0n) is 68.5. The van der Waals surface area contributed by atoms with Gasteiger partial charge >= 0.3 is 0 Å². The van der Waals surface area contributed by atoms with Gasteiger partial charge in [-0.15, -0.1) is 0 Å². The van der Waals surface area contributed by atoms with E-state index in [1.807, 2.05) is 0 Å². The molecule has 4 aliphatic carbocycles. The van der Waals surface area contributed by atoms with Gasteiger partial charge in [-0.25, -0.2) is 10.9 Å². The van der Waals surface area contributed by atoms with Crippen molar-refractivity contribution in [2.75, 3.05) is 27.4 Å². The molecule has 0 saturated carbocycles. The van der Waals surface area contributed by atoms with E-state index in [4.69, 9.17) is 39.9 Å². The number of nitrogens with one attached hydrogen (secondary N) is 2. The standard InChI is InChI=1S/C48H71N3O11.C40H55N3O11/c1-4-5-6-7-8-9-10-11-12-13-14-15-16-17-18-19-20-21-25-37(53)51-50-36(29-52)48(59)27-32-40(35(28-48)62-38-26-33(49)43(54)30(2)61-38)47(58)42-41(45(32)56)44(55)31-23-22-24-34(60-3)39(31)46(42)57;1-4-5-6-7-8-9-10-11-12-13-17-29(45)43-42-28(21-44)40(51)19-24-32(27(20-40)54-30-18-25(41)35(46)22(2)53-30)39(50)34-33(37(24)48)36(47)23-15-14-16-26(52-3)31(23)38(34)49/h22-24,30,33,35,38,43,52,54,56,58-59H,4-21,25-29,49H2,1-3H3,(H,51,53);14-16,22,25,27,30,35,44,46,48,50-51H,4-13,17-21,41H2,1-3H3,(H,43,45)/b50-36-;42-28-. The summed E-state index contributed by atoms with van der Waals surface area (Å²) in [5.41, 5.74) is 10.1. The first kappa shape index (κ1) is 92.0. The number of aliphatic hydroxyl groups excluding tert-OH is 4. The second-order valence-corrected chi connectivity index (χ2v) is 32.4. The Balaban J connectivity index is 0.000000268. The molecule has 12 unspecified atom stereocenters. The Bertz CT molecular complexity index is 4090. The predicted molar refractivity (Wildman–Crippen MR) is 435 cm³/mol. The summed E-state index contributed by atoms with van der Waals surface area (Å²) in [7, 11) is 2.68. The maximum absolute atomic E-state index is 14.0. The van der Waals surface area contributed by atoms with Crippen molar-refractivity contribution < 1.29 is 108 Å². The van der Waals surface area contributed by atoms with Gasteiger partial charge in [0.15, 0.2) is 24.1 Å². The molecule has 0 aromatic heterocycles. The zero-order chi connectivity index (χ0) is 84.0. The lowest BCUT2D eigenvalue weighted by Crippen LogP contribution is -2.53. The highest BCUT2D eigenvalue weighted by Crippen LogP contribution is 2.55. The number of phenolic OH excluding ortho intramolecular Hbond substituents is 4. The topological polar surface area (TPSA) is 461 Å². The van der Waals surface area contributed by atoms with Crippen LogP contribution in [0.25, 0.3) is 0 Å². The van der Waals surface area contributed by atoms with E-state index < -0.39 is 179 Å². The Kier molecular flexibility index (Phi) is 34.7. The van der Waals surface area contributed by atoms with Gasteiger partial charge in [-0.1, -0.05) is 205 Å². The maximum atomic E-state index is 14.0. The maximum Gasteiger partial charge on any atom is 0.240 e. The minimum atomic E-state index is -2.09. The molecule has 28 heteroatoms. The van der Waals surface area contributed by atoms with Crippen molar-refractivity contribution in [1.82, 2.24) is 10.9 Å². The first-order chi connectivity index (χ1) is 55.7. The number of methoxy groups -OCH3 is 2. The van der Waals surface area contributed by atoms with Gasteiger partial charge in [0.05, 0.1) is 109 Å². The van der Waals surface area contributed by atoms with Gasteiger partial charge in [-0.2, -0.15) is 10.2 Å².